The summed E-state index contributed by atoms with van der Waals surface area (Å²) in [4.78, 5) is 0. The summed E-state index contributed by atoms with van der Waals surface area (Å²) < 4.78 is 0. The van der Waals surface area contributed by atoms with Gasteiger partial charge in [0.2, 0.25) is 0 Å². The first-order valence-electron chi connectivity index (χ1n) is 2.44. The third-order valence-corrected chi connectivity index (χ3v) is 0.911. The minimum absolute atomic E-state index is 0.185. The molecule has 0 amide bonds. The number of nitriles is 1. The van der Waals surface area contributed by atoms with Crippen molar-refractivity contribution in [1.29, 1.82) is 5.26 Å². The van der Waals surface area contributed by atoms with Gasteiger partial charge >= 0.3 is 0 Å². The Morgan fingerprint density at radius 1 is 1.88 bits per heavy atom. The summed E-state index contributed by atoms with van der Waals surface area (Å²) in [6, 6.07) is 1.86. The van der Waals surface area contributed by atoms with Gasteiger partial charge in [0.1, 0.15) is 6.04 Å². The van der Waals surface area contributed by atoms with Crippen molar-refractivity contribution in [2.24, 2.45) is 0 Å². The lowest BCUT2D eigenvalue weighted by Gasteiger charge is -2.03. The van der Waals surface area contributed by atoms with Gasteiger partial charge in [-0.3, -0.25) is 0 Å². The largest absolute Gasteiger partial charge is 0.302 e. The van der Waals surface area contributed by atoms with E-state index in [2.05, 4.69) is 11.9 Å². The SMILES string of the molecule is C=C(C)C(C#N)NC. The zero-order chi connectivity index (χ0) is 6.57. The number of hydrogen-bond acceptors (Lipinski definition) is 2. The van der Waals surface area contributed by atoms with Crippen molar-refractivity contribution in [2.45, 2.75) is 13.0 Å². The summed E-state index contributed by atoms with van der Waals surface area (Å²) in [6.07, 6.45) is 0. The quantitative estimate of drug-likeness (QED) is 0.530. The molecule has 1 unspecified atom stereocenters. The molecule has 2 nitrogen and oxygen atoms in total. The Balaban J connectivity index is 3.76. The van der Waals surface area contributed by atoms with Crippen molar-refractivity contribution in [3.8, 4) is 6.07 Å². The van der Waals surface area contributed by atoms with Crippen molar-refractivity contribution in [3.63, 3.8) is 0 Å². The predicted octanol–water partition coefficient (Wildman–Crippen LogP) is 0.674. The average Bonchev–Trinajstić information content (AvgIpc) is 1.69. The van der Waals surface area contributed by atoms with Crippen LogP contribution in [0.4, 0.5) is 0 Å². The average molecular weight is 110 g/mol. The topological polar surface area (TPSA) is 35.8 Å². The van der Waals surface area contributed by atoms with Crippen LogP contribution >= 0.6 is 0 Å². The van der Waals surface area contributed by atoms with Crippen molar-refractivity contribution in [2.75, 3.05) is 7.05 Å². The second-order valence-corrected chi connectivity index (χ2v) is 1.70. The van der Waals surface area contributed by atoms with E-state index in [4.69, 9.17) is 5.26 Å². The van der Waals surface area contributed by atoms with Gasteiger partial charge in [-0.1, -0.05) is 6.58 Å². The molecule has 0 aliphatic rings. The van der Waals surface area contributed by atoms with Crippen LogP contribution in [0.1, 0.15) is 6.92 Å². The molecule has 0 heterocycles. The van der Waals surface area contributed by atoms with Gasteiger partial charge in [-0.15, -0.1) is 0 Å². The van der Waals surface area contributed by atoms with Crippen LogP contribution in [0.15, 0.2) is 12.2 Å². The number of likely N-dealkylation sites (N-methyl/N-ethyl adjacent to an activating group) is 1. The van der Waals surface area contributed by atoms with E-state index in [1.54, 1.807) is 7.05 Å². The highest BCUT2D eigenvalue weighted by Gasteiger charge is 2.00. The third kappa shape index (κ3) is 1.76. The maximum Gasteiger partial charge on any atom is 0.116 e. The predicted molar refractivity (Wildman–Crippen MR) is 33.3 cm³/mol. The van der Waals surface area contributed by atoms with Gasteiger partial charge in [-0.2, -0.15) is 5.26 Å². The molecule has 0 aliphatic heterocycles. The van der Waals surface area contributed by atoms with Crippen LogP contribution in [0.25, 0.3) is 0 Å². The lowest BCUT2D eigenvalue weighted by atomic mass is 10.2. The van der Waals surface area contributed by atoms with Crippen LogP contribution in [0, 0.1) is 11.3 Å². The molecule has 0 spiro atoms. The fourth-order valence-electron chi connectivity index (χ4n) is 0.421. The molecule has 0 bridgehead atoms. The molecule has 0 aromatic heterocycles. The highest BCUT2D eigenvalue weighted by atomic mass is 14.9. The second kappa shape index (κ2) is 3.23. The van der Waals surface area contributed by atoms with E-state index in [0.717, 1.165) is 5.57 Å². The second-order valence-electron chi connectivity index (χ2n) is 1.70. The van der Waals surface area contributed by atoms with Crippen LogP contribution < -0.4 is 5.32 Å². The van der Waals surface area contributed by atoms with Gasteiger partial charge in [0.25, 0.3) is 0 Å². The van der Waals surface area contributed by atoms with Crippen molar-refractivity contribution in [1.82, 2.24) is 5.32 Å². The van der Waals surface area contributed by atoms with E-state index < -0.39 is 0 Å². The summed E-state index contributed by atoms with van der Waals surface area (Å²) in [6.45, 7) is 5.44. The zero-order valence-corrected chi connectivity index (χ0v) is 5.23. The molecular formula is C6H10N2. The fourth-order valence-corrected chi connectivity index (χ4v) is 0.421. The van der Waals surface area contributed by atoms with E-state index in [1.807, 2.05) is 13.0 Å². The molecule has 0 saturated carbocycles. The third-order valence-electron chi connectivity index (χ3n) is 0.911. The van der Waals surface area contributed by atoms with E-state index in [0.29, 0.717) is 0 Å². The molecule has 1 N–H and O–H groups in total. The molecule has 0 aliphatic carbocycles. The number of hydrogen-bond donors (Lipinski definition) is 1. The summed E-state index contributed by atoms with van der Waals surface area (Å²) in [7, 11) is 1.74. The van der Waals surface area contributed by atoms with Crippen molar-refractivity contribution >= 4 is 0 Å². The van der Waals surface area contributed by atoms with Gasteiger partial charge < -0.3 is 5.32 Å². The maximum atomic E-state index is 8.32. The number of rotatable bonds is 2. The summed E-state index contributed by atoms with van der Waals surface area (Å²) in [5.74, 6) is 0. The fraction of sp³-hybridized carbons (Fsp3) is 0.500. The zero-order valence-electron chi connectivity index (χ0n) is 5.23. The Bertz CT molecular complexity index is 121. The first kappa shape index (κ1) is 7.19. The van der Waals surface area contributed by atoms with Gasteiger partial charge in [-0.25, -0.2) is 0 Å². The van der Waals surface area contributed by atoms with Crippen LogP contribution in [-0.2, 0) is 0 Å². The summed E-state index contributed by atoms with van der Waals surface area (Å²) in [5.41, 5.74) is 0.856. The van der Waals surface area contributed by atoms with Gasteiger partial charge in [0, 0.05) is 0 Å². The van der Waals surface area contributed by atoms with Crippen LogP contribution in [0.2, 0.25) is 0 Å². The molecule has 0 radical (unpaired) electrons. The summed E-state index contributed by atoms with van der Waals surface area (Å²) in [5, 5.41) is 11.1. The molecule has 0 saturated heterocycles. The molecule has 1 atom stereocenters. The number of nitrogens with zero attached hydrogens (tertiary/aromatic N) is 1. The Kier molecular flexibility index (Phi) is 2.90. The Morgan fingerprint density at radius 2 is 2.38 bits per heavy atom. The molecule has 8 heavy (non-hydrogen) atoms. The molecule has 2 heteroatoms. The Labute approximate surface area is 49.8 Å². The molecule has 0 aromatic carbocycles. The molecule has 0 aromatic rings. The van der Waals surface area contributed by atoms with Crippen molar-refractivity contribution in [3.05, 3.63) is 12.2 Å². The van der Waals surface area contributed by atoms with Crippen molar-refractivity contribution < 1.29 is 0 Å². The van der Waals surface area contributed by atoms with Crippen LogP contribution in [-0.4, -0.2) is 13.1 Å². The normalized spacial score (nSPS) is 12.1. The molecule has 44 valence electrons. The first-order chi connectivity index (χ1) is 3.72. The highest BCUT2D eigenvalue weighted by Crippen LogP contribution is 1.92. The van der Waals surface area contributed by atoms with E-state index >= 15 is 0 Å². The minimum atomic E-state index is -0.185. The number of nitrogens with one attached hydrogen (secondary N) is 1. The van der Waals surface area contributed by atoms with Crippen LogP contribution in [0.5, 0.6) is 0 Å². The van der Waals surface area contributed by atoms with Gasteiger partial charge in [0.05, 0.1) is 6.07 Å². The van der Waals surface area contributed by atoms with E-state index in [1.165, 1.54) is 0 Å². The smallest absolute Gasteiger partial charge is 0.116 e. The molecular weight excluding hydrogens is 100 g/mol. The monoisotopic (exact) mass is 110 g/mol. The Hall–Kier alpha value is -0.810. The summed E-state index contributed by atoms with van der Waals surface area (Å²) >= 11 is 0. The highest BCUT2D eigenvalue weighted by molar-refractivity contribution is 5.12. The minimum Gasteiger partial charge on any atom is -0.302 e. The van der Waals surface area contributed by atoms with Gasteiger partial charge in [0.15, 0.2) is 0 Å². The first-order valence-corrected chi connectivity index (χ1v) is 2.44. The Morgan fingerprint density at radius 3 is 2.38 bits per heavy atom. The lowest BCUT2D eigenvalue weighted by Crippen LogP contribution is -2.23. The van der Waals surface area contributed by atoms with E-state index in [9.17, 15) is 0 Å². The van der Waals surface area contributed by atoms with E-state index in [-0.39, 0.29) is 6.04 Å². The lowest BCUT2D eigenvalue weighted by molar-refractivity contribution is 0.765. The van der Waals surface area contributed by atoms with Gasteiger partial charge in [-0.05, 0) is 19.5 Å². The van der Waals surface area contributed by atoms with Crippen LogP contribution in [0.3, 0.4) is 0 Å². The molecule has 0 rings (SSSR count). The maximum absolute atomic E-state index is 8.32. The standard InChI is InChI=1S/C6H10N2/c1-5(2)6(4-7)8-3/h6,8H,1H2,2-3H3. The molecule has 0 fully saturated rings.